The van der Waals surface area contributed by atoms with Crippen molar-refractivity contribution in [1.82, 2.24) is 35.7 Å². The van der Waals surface area contributed by atoms with E-state index < -0.39 is 53.1 Å². The summed E-state index contributed by atoms with van der Waals surface area (Å²) < 4.78 is 5.47. The van der Waals surface area contributed by atoms with Crippen molar-refractivity contribution in [2.75, 3.05) is 6.54 Å². The molecular formula is C36H43N7O6. The zero-order chi connectivity index (χ0) is 34.8. The van der Waals surface area contributed by atoms with Crippen LogP contribution in [-0.2, 0) is 19.1 Å². The van der Waals surface area contributed by atoms with Gasteiger partial charge in [-0.05, 0) is 68.9 Å². The molecule has 5 atom stereocenters. The van der Waals surface area contributed by atoms with E-state index in [0.717, 1.165) is 36.0 Å². The molecule has 3 amide bonds. The van der Waals surface area contributed by atoms with Gasteiger partial charge in [-0.2, -0.15) is 4.80 Å². The van der Waals surface area contributed by atoms with Crippen molar-refractivity contribution < 1.29 is 29.0 Å². The zero-order valence-corrected chi connectivity index (χ0v) is 28.0. The Hall–Kier alpha value is -5.07. The molecule has 6 rings (SSSR count). The normalized spacial score (nSPS) is 26.7. The molecule has 2 aliphatic heterocycles. The fourth-order valence-corrected chi connectivity index (χ4v) is 6.66. The number of carbonyl (C=O) groups excluding carboxylic acids is 3. The molecule has 0 unspecified atom stereocenters. The lowest BCUT2D eigenvalue weighted by Crippen LogP contribution is -2.56. The quantitative estimate of drug-likeness (QED) is 0.331. The Kier molecular flexibility index (Phi) is 9.53. The predicted octanol–water partition coefficient (Wildman–Crippen LogP) is 4.52. The molecule has 1 aromatic heterocycles. The fourth-order valence-electron chi connectivity index (χ4n) is 6.66. The highest BCUT2D eigenvalue weighted by Crippen LogP contribution is 2.45. The first kappa shape index (κ1) is 33.8. The highest BCUT2D eigenvalue weighted by Gasteiger charge is 2.61. The topological polar surface area (TPSA) is 169 Å². The summed E-state index contributed by atoms with van der Waals surface area (Å²) in [5.74, 6) is -2.09. The second kappa shape index (κ2) is 13.8. The number of nitrogens with one attached hydrogen (secondary N) is 2. The molecule has 1 aliphatic carbocycles. The number of carboxylic acids is 1. The summed E-state index contributed by atoms with van der Waals surface area (Å²) in [6.07, 6.45) is 6.91. The Labute approximate surface area is 285 Å². The number of carbonyl (C=O) groups is 4. The summed E-state index contributed by atoms with van der Waals surface area (Å²) in [7, 11) is 0. The van der Waals surface area contributed by atoms with E-state index in [2.05, 4.69) is 26.0 Å². The minimum atomic E-state index is -1.43. The average molecular weight is 670 g/mol. The van der Waals surface area contributed by atoms with Crippen molar-refractivity contribution in [2.45, 2.75) is 95.0 Å². The maximum atomic E-state index is 14.3. The first-order valence-electron chi connectivity index (χ1n) is 16.9. The molecule has 0 radical (unpaired) electrons. The summed E-state index contributed by atoms with van der Waals surface area (Å²) >= 11 is 0. The Bertz CT molecular complexity index is 1730. The summed E-state index contributed by atoms with van der Waals surface area (Å²) in [5.41, 5.74) is 0.587. The minimum absolute atomic E-state index is 0.0622. The number of nitrogens with zero attached hydrogens (tertiary/aromatic N) is 5. The molecule has 1 saturated carbocycles. The number of aromatic nitrogens is 4. The van der Waals surface area contributed by atoms with Gasteiger partial charge in [0.1, 0.15) is 23.2 Å². The van der Waals surface area contributed by atoms with Crippen LogP contribution in [0, 0.1) is 5.92 Å². The number of carboxylic acid groups (broad SMARTS) is 1. The van der Waals surface area contributed by atoms with Crippen LogP contribution in [0.15, 0.2) is 66.7 Å². The van der Waals surface area contributed by atoms with Gasteiger partial charge in [-0.15, -0.1) is 10.2 Å². The van der Waals surface area contributed by atoms with Crippen LogP contribution in [0.4, 0.5) is 4.79 Å². The lowest BCUT2D eigenvalue weighted by molar-refractivity contribution is -0.145. The summed E-state index contributed by atoms with van der Waals surface area (Å²) in [4.78, 5) is 56.3. The monoisotopic (exact) mass is 669 g/mol. The number of tetrazole rings is 1. The van der Waals surface area contributed by atoms with E-state index in [1.807, 2.05) is 66.7 Å². The molecule has 0 bridgehead atoms. The van der Waals surface area contributed by atoms with Crippen LogP contribution in [0.3, 0.4) is 0 Å². The molecular weight excluding hydrogens is 626 g/mol. The van der Waals surface area contributed by atoms with Gasteiger partial charge in [0.05, 0.1) is 6.04 Å². The van der Waals surface area contributed by atoms with Gasteiger partial charge in [-0.3, -0.25) is 9.59 Å². The van der Waals surface area contributed by atoms with E-state index in [0.29, 0.717) is 18.7 Å². The van der Waals surface area contributed by atoms with Crippen LogP contribution in [0.25, 0.3) is 22.5 Å². The van der Waals surface area contributed by atoms with Gasteiger partial charge in [0, 0.05) is 24.4 Å². The summed E-state index contributed by atoms with van der Waals surface area (Å²) in [6.45, 7) is 5.28. The van der Waals surface area contributed by atoms with Crippen molar-refractivity contribution >= 4 is 23.9 Å². The van der Waals surface area contributed by atoms with Gasteiger partial charge < -0.3 is 25.4 Å². The van der Waals surface area contributed by atoms with E-state index in [1.165, 1.54) is 9.70 Å². The Balaban J connectivity index is 1.29. The van der Waals surface area contributed by atoms with E-state index in [-0.39, 0.29) is 25.3 Å². The van der Waals surface area contributed by atoms with Crippen LogP contribution >= 0.6 is 0 Å². The number of ether oxygens (including phenoxy) is 1. The third-order valence-corrected chi connectivity index (χ3v) is 9.31. The van der Waals surface area contributed by atoms with Crippen LogP contribution < -0.4 is 10.6 Å². The molecule has 13 nitrogen and oxygen atoms in total. The maximum absolute atomic E-state index is 14.3. The van der Waals surface area contributed by atoms with Crippen LogP contribution in [0.1, 0.15) is 71.8 Å². The number of hydrogen-bond acceptors (Lipinski definition) is 8. The van der Waals surface area contributed by atoms with Gasteiger partial charge >= 0.3 is 12.1 Å². The third-order valence-electron chi connectivity index (χ3n) is 9.31. The lowest BCUT2D eigenvalue weighted by Gasteiger charge is -2.30. The number of alkyl carbamates (subject to hydrolysis) is 1. The number of fused-ring (bicyclic) bond motifs is 2. The lowest BCUT2D eigenvalue weighted by atomic mass is 10.0. The molecule has 2 aromatic carbocycles. The minimum Gasteiger partial charge on any atom is -0.479 e. The van der Waals surface area contributed by atoms with E-state index in [1.54, 1.807) is 20.8 Å². The molecule has 3 N–H and O–H groups in total. The van der Waals surface area contributed by atoms with Crippen LogP contribution in [0.2, 0.25) is 0 Å². The van der Waals surface area contributed by atoms with E-state index in [9.17, 15) is 24.3 Å². The molecule has 3 aliphatic rings. The van der Waals surface area contributed by atoms with E-state index in [4.69, 9.17) is 4.74 Å². The highest BCUT2D eigenvalue weighted by atomic mass is 16.6. The molecule has 0 spiro atoms. The standard InChI is InChI=1S/C36H43N7O6/c1-35(2,3)49-34(48)37-28-18-11-6-4-5-10-17-26-21-36(26,33(46)47)38-31(44)29-20-27(22-42(29)32(28)45)43-40-30(39-41-43)25-16-12-15-24(19-25)23-13-8-7-9-14-23/h7-10,12-17,19,26-29H,4-6,11,18,20-22H2,1-3H3,(H,37,48)(H,38,44)(H,46,47)/b17-10-/t26-,27-,28+,29+,36-/m1/s1. The fraction of sp³-hybridized carbons (Fsp3) is 0.472. The van der Waals surface area contributed by atoms with Gasteiger partial charge in [0.15, 0.2) is 0 Å². The van der Waals surface area contributed by atoms with Gasteiger partial charge in [0.2, 0.25) is 17.6 Å². The number of rotatable bonds is 5. The van der Waals surface area contributed by atoms with Crippen molar-refractivity contribution in [3.05, 3.63) is 66.7 Å². The number of amides is 3. The molecule has 258 valence electrons. The van der Waals surface area contributed by atoms with Gasteiger partial charge in [0.25, 0.3) is 0 Å². The smallest absolute Gasteiger partial charge is 0.408 e. The van der Waals surface area contributed by atoms with Crippen molar-refractivity contribution in [1.29, 1.82) is 0 Å². The molecule has 3 aromatic rings. The third kappa shape index (κ3) is 7.65. The highest BCUT2D eigenvalue weighted by molar-refractivity contribution is 5.96. The second-order valence-electron chi connectivity index (χ2n) is 14.1. The molecule has 49 heavy (non-hydrogen) atoms. The molecule has 13 heteroatoms. The number of benzene rings is 2. The number of aliphatic carboxylic acids is 1. The summed E-state index contributed by atoms with van der Waals surface area (Å²) in [5, 5.41) is 28.9. The van der Waals surface area contributed by atoms with Gasteiger partial charge in [-0.25, -0.2) is 9.59 Å². The van der Waals surface area contributed by atoms with Crippen molar-refractivity contribution in [3.8, 4) is 22.5 Å². The Morgan fingerprint density at radius 3 is 2.53 bits per heavy atom. The van der Waals surface area contributed by atoms with Crippen LogP contribution in [0.5, 0.6) is 0 Å². The van der Waals surface area contributed by atoms with Crippen LogP contribution in [-0.4, -0.2) is 83.9 Å². The first-order valence-corrected chi connectivity index (χ1v) is 16.9. The first-order chi connectivity index (χ1) is 23.4. The summed E-state index contributed by atoms with van der Waals surface area (Å²) in [6, 6.07) is 15.2. The molecule has 2 fully saturated rings. The molecule has 1 saturated heterocycles. The zero-order valence-electron chi connectivity index (χ0n) is 28.0. The molecule has 3 heterocycles. The second-order valence-corrected chi connectivity index (χ2v) is 14.1. The van der Waals surface area contributed by atoms with Crippen molar-refractivity contribution in [3.63, 3.8) is 0 Å². The number of allylic oxidation sites excluding steroid dienone is 1. The maximum Gasteiger partial charge on any atom is 0.408 e. The Morgan fingerprint density at radius 2 is 1.78 bits per heavy atom. The van der Waals surface area contributed by atoms with E-state index >= 15 is 0 Å². The van der Waals surface area contributed by atoms with Crippen molar-refractivity contribution in [2.24, 2.45) is 5.92 Å². The SMILES string of the molecule is CC(C)(C)OC(=O)N[C@H]1CCCCC/C=C\[C@@H]2C[C@@]2(C(=O)O)NC(=O)[C@@H]2C[C@@H](n3nnc(-c4cccc(-c5ccccc5)c4)n3)CN2C1=O. The number of hydrogen-bond donors (Lipinski definition) is 3. The largest absolute Gasteiger partial charge is 0.479 e. The van der Waals surface area contributed by atoms with Gasteiger partial charge in [-0.1, -0.05) is 73.5 Å². The average Bonchev–Trinajstić information content (AvgIpc) is 3.38. The predicted molar refractivity (Wildman–Crippen MR) is 180 cm³/mol. The Morgan fingerprint density at radius 1 is 1.02 bits per heavy atom.